The van der Waals surface area contributed by atoms with Crippen LogP contribution in [0.2, 0.25) is 0 Å². The summed E-state index contributed by atoms with van der Waals surface area (Å²) in [5.41, 5.74) is 3.30. The lowest BCUT2D eigenvalue weighted by atomic mass is 9.78. The van der Waals surface area contributed by atoms with Gasteiger partial charge >= 0.3 is 0 Å². The lowest BCUT2D eigenvalue weighted by Gasteiger charge is -2.42. The van der Waals surface area contributed by atoms with Gasteiger partial charge in [-0.1, -0.05) is 46.8 Å². The predicted molar refractivity (Wildman–Crippen MR) is 176 cm³/mol. The first kappa shape index (κ1) is 32.8. The van der Waals surface area contributed by atoms with Crippen molar-refractivity contribution in [1.29, 1.82) is 0 Å². The van der Waals surface area contributed by atoms with Crippen molar-refractivity contribution in [1.82, 2.24) is 15.6 Å². The number of aromatic nitrogens is 1. The number of nitrogens with zero attached hydrogens (tertiary/aromatic N) is 1. The molecule has 0 atom stereocenters. The number of ether oxygens (including phenoxy) is 2. The molecule has 0 spiro atoms. The van der Waals surface area contributed by atoms with Crippen LogP contribution < -0.4 is 20.1 Å². The maximum Gasteiger partial charge on any atom is 0.213 e. The van der Waals surface area contributed by atoms with E-state index in [0.717, 1.165) is 50.2 Å². The molecule has 2 aromatic rings. The maximum absolute atomic E-state index is 6.31. The van der Waals surface area contributed by atoms with E-state index < -0.39 is 0 Å². The highest BCUT2D eigenvalue weighted by Crippen LogP contribution is 2.35. The lowest BCUT2D eigenvalue weighted by Crippen LogP contribution is -2.54. The molecule has 1 aromatic carbocycles. The second-order valence-electron chi connectivity index (χ2n) is 16.7. The van der Waals surface area contributed by atoms with E-state index in [1.54, 1.807) is 0 Å². The molecular weight excluding hydrogens is 518 g/mol. The fourth-order valence-electron chi connectivity index (χ4n) is 6.13. The van der Waals surface area contributed by atoms with Gasteiger partial charge in [-0.05, 0) is 126 Å². The van der Waals surface area contributed by atoms with Gasteiger partial charge in [-0.2, -0.15) is 0 Å². The van der Waals surface area contributed by atoms with Crippen molar-refractivity contribution in [3.8, 4) is 11.6 Å². The summed E-state index contributed by atoms with van der Waals surface area (Å²) in [6, 6.07) is 14.1. The first-order valence-electron chi connectivity index (χ1n) is 16.4. The van der Waals surface area contributed by atoms with Gasteiger partial charge in [-0.25, -0.2) is 4.98 Å². The largest absolute Gasteiger partial charge is 0.490 e. The quantitative estimate of drug-likeness (QED) is 0.250. The normalized spacial score (nSPS) is 23.2. The van der Waals surface area contributed by atoms with Gasteiger partial charge in [0.25, 0.3) is 0 Å². The fourth-order valence-corrected chi connectivity index (χ4v) is 6.13. The molecule has 42 heavy (non-hydrogen) atoms. The van der Waals surface area contributed by atoms with E-state index in [1.165, 1.54) is 24.0 Å². The number of pyridine rings is 1. The van der Waals surface area contributed by atoms with E-state index in [1.807, 2.05) is 6.20 Å². The molecule has 0 bridgehead atoms. The molecule has 4 rings (SSSR count). The number of hydrogen-bond donors (Lipinski definition) is 2. The predicted octanol–water partition coefficient (Wildman–Crippen LogP) is 8.39. The zero-order valence-electron chi connectivity index (χ0n) is 28.3. The molecule has 234 valence electrons. The number of rotatable bonds is 13. The van der Waals surface area contributed by atoms with E-state index in [2.05, 4.69) is 121 Å². The molecular formula is C37H59N3O2. The van der Waals surface area contributed by atoms with Gasteiger partial charge in [-0.15, -0.1) is 0 Å². The molecule has 5 nitrogen and oxygen atoms in total. The molecule has 1 aromatic heterocycles. The first-order chi connectivity index (χ1) is 19.4. The molecule has 1 heterocycles. The number of benzene rings is 1. The molecule has 0 radical (unpaired) electrons. The Balaban J connectivity index is 1.15. The summed E-state index contributed by atoms with van der Waals surface area (Å²) in [6.07, 6.45) is 11.3. The lowest BCUT2D eigenvalue weighted by molar-refractivity contribution is 0.0641. The molecule has 0 aliphatic heterocycles. The van der Waals surface area contributed by atoms with Gasteiger partial charge in [-0.3, -0.25) is 0 Å². The van der Waals surface area contributed by atoms with Gasteiger partial charge in [0.2, 0.25) is 5.88 Å². The van der Waals surface area contributed by atoms with Crippen LogP contribution >= 0.6 is 0 Å². The minimum Gasteiger partial charge on any atom is -0.490 e. The summed E-state index contributed by atoms with van der Waals surface area (Å²) in [6.45, 7) is 22.9. The maximum atomic E-state index is 6.31. The minimum atomic E-state index is 0.102. The third kappa shape index (κ3) is 10.3. The van der Waals surface area contributed by atoms with E-state index >= 15 is 0 Å². The van der Waals surface area contributed by atoms with E-state index in [9.17, 15) is 0 Å². The standard InChI is InChI=1S/C37H59N3O2/c1-34(2,3)27-15-19-38-33(21-27)42-32-24-29(25-32)40-37(9,10)18-17-36(7,8)16-14-26-12-11-13-30(20-26)41-31-22-28(23-31)39-35(4,5)6/h11-13,15,19-21,28-29,31-32,39-40H,14,16-18,22-25H2,1-10H3/t28-,29-,31-,32+. The molecule has 2 aliphatic carbocycles. The summed E-state index contributed by atoms with van der Waals surface area (Å²) in [5, 5.41) is 7.60. The molecule has 2 aliphatic rings. The van der Waals surface area contributed by atoms with Gasteiger partial charge in [0.1, 0.15) is 18.0 Å². The highest BCUT2D eigenvalue weighted by atomic mass is 16.5. The topological polar surface area (TPSA) is 55.4 Å². The average molecular weight is 578 g/mol. The molecule has 0 amide bonds. The highest BCUT2D eigenvalue weighted by molar-refractivity contribution is 5.29. The van der Waals surface area contributed by atoms with Gasteiger partial charge < -0.3 is 20.1 Å². The summed E-state index contributed by atoms with van der Waals surface area (Å²) in [7, 11) is 0. The Morgan fingerprint density at radius 2 is 1.38 bits per heavy atom. The second kappa shape index (κ2) is 12.9. The molecule has 5 heteroatoms. The third-order valence-corrected chi connectivity index (χ3v) is 9.03. The minimum absolute atomic E-state index is 0.102. The zero-order valence-corrected chi connectivity index (χ0v) is 28.3. The Kier molecular flexibility index (Phi) is 10.0. The number of nitrogens with one attached hydrogen (secondary N) is 2. The van der Waals surface area contributed by atoms with Crippen LogP contribution in [0, 0.1) is 5.41 Å². The number of aryl methyl sites for hydroxylation is 1. The molecule has 0 unspecified atom stereocenters. The first-order valence-corrected chi connectivity index (χ1v) is 16.4. The molecule has 2 fully saturated rings. The summed E-state index contributed by atoms with van der Waals surface area (Å²) < 4.78 is 12.5. The fraction of sp³-hybridized carbons (Fsp3) is 0.703. The van der Waals surface area contributed by atoms with Gasteiger partial charge in [0.05, 0.1) is 0 Å². The van der Waals surface area contributed by atoms with Crippen LogP contribution in [-0.2, 0) is 11.8 Å². The van der Waals surface area contributed by atoms with Crippen LogP contribution in [0.4, 0.5) is 0 Å². The Labute approximate surface area is 257 Å². The van der Waals surface area contributed by atoms with Crippen LogP contribution in [0.5, 0.6) is 11.6 Å². The van der Waals surface area contributed by atoms with Crippen molar-refractivity contribution >= 4 is 0 Å². The summed E-state index contributed by atoms with van der Waals surface area (Å²) in [4.78, 5) is 4.46. The molecule has 2 N–H and O–H groups in total. The summed E-state index contributed by atoms with van der Waals surface area (Å²) >= 11 is 0. The van der Waals surface area contributed by atoms with Crippen LogP contribution in [0.3, 0.4) is 0 Å². The van der Waals surface area contributed by atoms with Crippen molar-refractivity contribution in [3.05, 3.63) is 53.7 Å². The molecule has 2 saturated carbocycles. The SMILES string of the molecule is CC(C)(CCc1cccc(O[C@H]2C[C@H](NC(C)(C)C)C2)c1)CCC(C)(C)N[C@H]1C[C@@H](Oc2cc(C(C)(C)C)ccn2)C1. The van der Waals surface area contributed by atoms with Crippen LogP contribution in [0.25, 0.3) is 0 Å². The Bertz CT molecular complexity index is 1150. The van der Waals surface area contributed by atoms with Crippen LogP contribution in [0.1, 0.15) is 125 Å². The zero-order chi connectivity index (χ0) is 30.8. The summed E-state index contributed by atoms with van der Waals surface area (Å²) in [5.74, 6) is 1.78. The van der Waals surface area contributed by atoms with E-state index in [-0.39, 0.29) is 28.0 Å². The van der Waals surface area contributed by atoms with Gasteiger partial charge in [0.15, 0.2) is 0 Å². The Hall–Kier alpha value is -2.11. The Morgan fingerprint density at radius 1 is 0.738 bits per heavy atom. The number of hydrogen-bond acceptors (Lipinski definition) is 5. The van der Waals surface area contributed by atoms with Crippen LogP contribution in [0.15, 0.2) is 42.6 Å². The second-order valence-corrected chi connectivity index (χ2v) is 16.7. The van der Waals surface area contributed by atoms with Gasteiger partial charge in [0, 0.05) is 35.4 Å². The smallest absolute Gasteiger partial charge is 0.213 e. The van der Waals surface area contributed by atoms with Crippen molar-refractivity contribution < 1.29 is 9.47 Å². The highest BCUT2D eigenvalue weighted by Gasteiger charge is 2.36. The van der Waals surface area contributed by atoms with Crippen molar-refractivity contribution in [2.45, 2.75) is 161 Å². The van der Waals surface area contributed by atoms with E-state index in [0.29, 0.717) is 18.2 Å². The van der Waals surface area contributed by atoms with Crippen LogP contribution in [-0.4, -0.2) is 40.4 Å². The van der Waals surface area contributed by atoms with Crippen molar-refractivity contribution in [2.24, 2.45) is 5.41 Å². The van der Waals surface area contributed by atoms with Crippen molar-refractivity contribution in [3.63, 3.8) is 0 Å². The average Bonchev–Trinajstić information content (AvgIpc) is 2.83. The van der Waals surface area contributed by atoms with Crippen molar-refractivity contribution in [2.75, 3.05) is 0 Å². The third-order valence-electron chi connectivity index (χ3n) is 9.03. The van der Waals surface area contributed by atoms with E-state index in [4.69, 9.17) is 9.47 Å². The Morgan fingerprint density at radius 3 is 2.02 bits per heavy atom. The molecule has 0 saturated heterocycles. The monoisotopic (exact) mass is 577 g/mol.